The van der Waals surface area contributed by atoms with Crippen LogP contribution in [0.3, 0.4) is 0 Å². The SMILES string of the molecule is C[C@H]1OC2=CC(C(=O)NC2=N)c2c(nn(C)c2C#N)CN(C)Cc2ccc(F)cc21. The Morgan fingerprint density at radius 2 is 2.13 bits per heavy atom. The first-order chi connectivity index (χ1) is 14.3. The largest absolute Gasteiger partial charge is 0.482 e. The van der Waals surface area contributed by atoms with Gasteiger partial charge in [0.15, 0.2) is 11.6 Å². The number of rotatable bonds is 0. The molecule has 3 heterocycles. The van der Waals surface area contributed by atoms with Gasteiger partial charge in [0.1, 0.15) is 23.7 Å². The van der Waals surface area contributed by atoms with E-state index in [0.29, 0.717) is 29.9 Å². The predicted octanol–water partition coefficient (Wildman–Crippen LogP) is 2.23. The van der Waals surface area contributed by atoms with Crippen LogP contribution in [0.1, 0.15) is 47.0 Å². The van der Waals surface area contributed by atoms with Crippen molar-refractivity contribution in [3.63, 3.8) is 0 Å². The van der Waals surface area contributed by atoms with Gasteiger partial charge in [0.2, 0.25) is 5.91 Å². The molecule has 1 aromatic heterocycles. The number of aryl methyl sites for hydroxylation is 1. The maximum Gasteiger partial charge on any atom is 0.237 e. The van der Waals surface area contributed by atoms with Gasteiger partial charge < -0.3 is 10.1 Å². The number of aromatic nitrogens is 2. The molecule has 2 bridgehead atoms. The van der Waals surface area contributed by atoms with Crippen molar-refractivity contribution in [1.29, 1.82) is 10.7 Å². The fourth-order valence-electron chi connectivity index (χ4n) is 4.00. The Kier molecular flexibility index (Phi) is 4.87. The summed E-state index contributed by atoms with van der Waals surface area (Å²) in [5.74, 6) is -1.60. The van der Waals surface area contributed by atoms with E-state index in [0.717, 1.165) is 5.56 Å². The first-order valence-corrected chi connectivity index (χ1v) is 9.49. The van der Waals surface area contributed by atoms with Gasteiger partial charge >= 0.3 is 0 Å². The van der Waals surface area contributed by atoms with E-state index in [4.69, 9.17) is 10.1 Å². The van der Waals surface area contributed by atoms with Gasteiger partial charge in [-0.2, -0.15) is 10.4 Å². The van der Waals surface area contributed by atoms with Gasteiger partial charge in [-0.15, -0.1) is 0 Å². The summed E-state index contributed by atoms with van der Waals surface area (Å²) < 4.78 is 21.4. The molecule has 9 heteroatoms. The second-order valence-electron chi connectivity index (χ2n) is 7.59. The van der Waals surface area contributed by atoms with Crippen LogP contribution in [0.2, 0.25) is 0 Å². The van der Waals surface area contributed by atoms with Gasteiger partial charge in [0.25, 0.3) is 0 Å². The van der Waals surface area contributed by atoms with Crippen LogP contribution in [0.4, 0.5) is 4.39 Å². The summed E-state index contributed by atoms with van der Waals surface area (Å²) >= 11 is 0. The molecule has 2 N–H and O–H groups in total. The summed E-state index contributed by atoms with van der Waals surface area (Å²) in [5, 5.41) is 24.8. The summed E-state index contributed by atoms with van der Waals surface area (Å²) in [7, 11) is 3.56. The normalized spacial score (nSPS) is 21.8. The number of amides is 1. The lowest BCUT2D eigenvalue weighted by Crippen LogP contribution is -2.40. The Labute approximate surface area is 173 Å². The third-order valence-corrected chi connectivity index (χ3v) is 5.38. The molecule has 0 radical (unpaired) electrons. The number of carbonyl (C=O) groups is 1. The minimum atomic E-state index is -0.820. The Morgan fingerprint density at radius 3 is 2.87 bits per heavy atom. The second-order valence-corrected chi connectivity index (χ2v) is 7.59. The Morgan fingerprint density at radius 1 is 1.37 bits per heavy atom. The Bertz CT molecular complexity index is 1130. The molecule has 0 spiro atoms. The van der Waals surface area contributed by atoms with E-state index < -0.39 is 17.9 Å². The molecule has 8 nitrogen and oxygen atoms in total. The highest BCUT2D eigenvalue weighted by atomic mass is 19.1. The molecular formula is C21H21FN6O2. The minimum Gasteiger partial charge on any atom is -0.482 e. The quantitative estimate of drug-likeness (QED) is 0.695. The van der Waals surface area contributed by atoms with E-state index in [1.54, 1.807) is 26.1 Å². The summed E-state index contributed by atoms with van der Waals surface area (Å²) in [5.41, 5.74) is 2.94. The molecule has 30 heavy (non-hydrogen) atoms. The number of hydrogen-bond donors (Lipinski definition) is 2. The zero-order chi connectivity index (χ0) is 21.6. The molecule has 1 unspecified atom stereocenters. The summed E-state index contributed by atoms with van der Waals surface area (Å²) in [6.07, 6.45) is 0.995. The standard InChI is InChI=1S/C21H21FN6O2/c1-11-14-6-13(22)5-4-12(14)9-27(2)10-16-19(17(8-23)28(3)26-16)15-7-18(30-11)20(24)25-21(15)29/h4-7,11,15H,9-10H2,1-3H3,(H2,24,25,29)/t11-,15?/m1/s1. The van der Waals surface area contributed by atoms with Crippen molar-refractivity contribution in [3.05, 3.63) is 63.9 Å². The smallest absolute Gasteiger partial charge is 0.237 e. The molecule has 4 rings (SSSR count). The Hall–Kier alpha value is -3.51. The lowest BCUT2D eigenvalue weighted by molar-refractivity contribution is -0.120. The molecular weight excluding hydrogens is 387 g/mol. The number of nitrogens with zero attached hydrogens (tertiary/aromatic N) is 4. The minimum absolute atomic E-state index is 0.167. The number of nitrogens with one attached hydrogen (secondary N) is 2. The predicted molar refractivity (Wildman–Crippen MR) is 106 cm³/mol. The molecule has 0 saturated heterocycles. The molecule has 0 aliphatic carbocycles. The maximum absolute atomic E-state index is 14.0. The molecule has 1 amide bonds. The van der Waals surface area contributed by atoms with Crippen LogP contribution in [-0.4, -0.2) is 33.5 Å². The van der Waals surface area contributed by atoms with Crippen LogP contribution in [-0.2, 0) is 29.7 Å². The topological polar surface area (TPSA) is 107 Å². The van der Waals surface area contributed by atoms with E-state index in [2.05, 4.69) is 16.5 Å². The lowest BCUT2D eigenvalue weighted by atomic mass is 9.92. The highest BCUT2D eigenvalue weighted by Crippen LogP contribution is 2.33. The monoisotopic (exact) mass is 408 g/mol. The molecule has 2 aliphatic rings. The zero-order valence-electron chi connectivity index (χ0n) is 16.9. The van der Waals surface area contributed by atoms with Crippen molar-refractivity contribution in [1.82, 2.24) is 20.0 Å². The number of carbonyl (C=O) groups excluding carboxylic acids is 1. The zero-order valence-corrected chi connectivity index (χ0v) is 16.9. The summed E-state index contributed by atoms with van der Waals surface area (Å²) in [6.45, 7) is 2.66. The van der Waals surface area contributed by atoms with E-state index in [1.165, 1.54) is 16.8 Å². The van der Waals surface area contributed by atoms with Crippen molar-refractivity contribution in [2.24, 2.45) is 7.05 Å². The average molecular weight is 408 g/mol. The molecule has 0 fully saturated rings. The fraction of sp³-hybridized carbons (Fsp3) is 0.333. The number of amidine groups is 1. The van der Waals surface area contributed by atoms with Crippen molar-refractivity contribution < 1.29 is 13.9 Å². The number of ether oxygens (including phenoxy) is 1. The van der Waals surface area contributed by atoms with Crippen LogP contribution in [0.15, 0.2) is 30.0 Å². The average Bonchev–Trinajstić information content (AvgIpc) is 2.98. The van der Waals surface area contributed by atoms with Gasteiger partial charge in [-0.05, 0) is 43.3 Å². The number of hydrogen-bond acceptors (Lipinski definition) is 6. The second kappa shape index (κ2) is 7.39. The molecule has 0 saturated carbocycles. The van der Waals surface area contributed by atoms with Crippen LogP contribution in [0.5, 0.6) is 0 Å². The van der Waals surface area contributed by atoms with Crippen LogP contribution in [0.25, 0.3) is 0 Å². The van der Waals surface area contributed by atoms with E-state index >= 15 is 0 Å². The van der Waals surface area contributed by atoms with Gasteiger partial charge in [0, 0.05) is 25.7 Å². The third-order valence-electron chi connectivity index (χ3n) is 5.38. The highest BCUT2D eigenvalue weighted by molar-refractivity contribution is 6.10. The molecule has 1 aromatic carbocycles. The van der Waals surface area contributed by atoms with Gasteiger partial charge in [-0.1, -0.05) is 6.07 Å². The molecule has 154 valence electrons. The molecule has 2 atom stereocenters. The van der Waals surface area contributed by atoms with Crippen molar-refractivity contribution >= 4 is 11.7 Å². The third kappa shape index (κ3) is 3.35. The first-order valence-electron chi connectivity index (χ1n) is 9.49. The first kappa shape index (κ1) is 19.8. The molecule has 2 aromatic rings. The maximum atomic E-state index is 14.0. The van der Waals surface area contributed by atoms with E-state index in [-0.39, 0.29) is 23.1 Å². The number of fused-ring (bicyclic) bond motifs is 4. The fourth-order valence-corrected chi connectivity index (χ4v) is 4.00. The van der Waals surface area contributed by atoms with Gasteiger partial charge in [0.05, 0.1) is 11.6 Å². The number of nitriles is 1. The lowest BCUT2D eigenvalue weighted by Gasteiger charge is -2.28. The van der Waals surface area contributed by atoms with Crippen LogP contribution >= 0.6 is 0 Å². The van der Waals surface area contributed by atoms with Crippen molar-refractivity contribution in [2.45, 2.75) is 32.0 Å². The number of halogens is 1. The summed E-state index contributed by atoms with van der Waals surface area (Å²) in [6, 6.07) is 6.69. The number of benzene rings is 1. The van der Waals surface area contributed by atoms with Crippen molar-refractivity contribution in [2.75, 3.05) is 7.05 Å². The highest BCUT2D eigenvalue weighted by Gasteiger charge is 2.35. The molecule has 2 aliphatic heterocycles. The van der Waals surface area contributed by atoms with Gasteiger partial charge in [-0.3, -0.25) is 19.8 Å². The Balaban J connectivity index is 1.91. The van der Waals surface area contributed by atoms with Crippen LogP contribution in [0, 0.1) is 22.6 Å². The van der Waals surface area contributed by atoms with Gasteiger partial charge in [-0.25, -0.2) is 4.39 Å². The van der Waals surface area contributed by atoms with E-state index in [9.17, 15) is 14.4 Å². The van der Waals surface area contributed by atoms with Crippen molar-refractivity contribution in [3.8, 4) is 6.07 Å². The van der Waals surface area contributed by atoms with E-state index in [1.807, 2.05) is 11.9 Å². The van der Waals surface area contributed by atoms with Crippen LogP contribution < -0.4 is 5.32 Å². The summed E-state index contributed by atoms with van der Waals surface area (Å²) in [4.78, 5) is 14.7.